The Labute approximate surface area is 150 Å². The fourth-order valence-electron chi connectivity index (χ4n) is 2.65. The summed E-state index contributed by atoms with van der Waals surface area (Å²) in [6, 6.07) is 4.32. The normalized spacial score (nSPS) is 21.8. The van der Waals surface area contributed by atoms with Gasteiger partial charge in [-0.3, -0.25) is 0 Å². The van der Waals surface area contributed by atoms with Gasteiger partial charge in [0.2, 0.25) is 0 Å². The number of carbonyl (C=O) groups is 2. The van der Waals surface area contributed by atoms with Crippen molar-refractivity contribution in [2.75, 3.05) is 18.5 Å². The molecule has 0 bridgehead atoms. The smallest absolute Gasteiger partial charge is 0.350 e. The third-order valence-electron chi connectivity index (χ3n) is 3.90. The molecule has 8 heteroatoms. The van der Waals surface area contributed by atoms with Crippen LogP contribution >= 0.6 is 0 Å². The minimum atomic E-state index is -1.33. The first-order valence-electron chi connectivity index (χ1n) is 8.32. The van der Waals surface area contributed by atoms with Gasteiger partial charge in [-0.15, -0.1) is 0 Å². The number of halogens is 1. The Morgan fingerprint density at radius 2 is 2.04 bits per heavy atom. The van der Waals surface area contributed by atoms with Crippen LogP contribution in [0.5, 0.6) is 5.75 Å². The van der Waals surface area contributed by atoms with Crippen LogP contribution in [0.3, 0.4) is 0 Å². The van der Waals surface area contributed by atoms with E-state index >= 15 is 0 Å². The molecule has 2 fully saturated rings. The average Bonchev–Trinajstić information content (AvgIpc) is 3.06. The highest BCUT2D eigenvalue weighted by molar-refractivity contribution is 6.15. The quantitative estimate of drug-likeness (QED) is 0.488. The molecule has 3 rings (SSSR count). The van der Waals surface area contributed by atoms with E-state index in [1.54, 1.807) is 6.07 Å². The maximum atomic E-state index is 14.2. The lowest BCUT2D eigenvalue weighted by atomic mass is 10.2. The third kappa shape index (κ3) is 4.13. The summed E-state index contributed by atoms with van der Waals surface area (Å²) in [6.45, 7) is 3.86. The minimum Gasteiger partial charge on any atom is -0.489 e. The molecular weight excluding hydrogens is 345 g/mol. The molecule has 2 aliphatic rings. The van der Waals surface area contributed by atoms with Crippen LogP contribution in [-0.4, -0.2) is 37.0 Å². The van der Waals surface area contributed by atoms with Crippen molar-refractivity contribution in [1.82, 2.24) is 0 Å². The molecule has 26 heavy (non-hydrogen) atoms. The number of ether oxygens (including phenoxy) is 4. The number of hydrogen-bond donors (Lipinski definition) is 1. The van der Waals surface area contributed by atoms with Crippen molar-refractivity contribution in [3.8, 4) is 5.75 Å². The topological polar surface area (TPSA) is 83.1 Å². The van der Waals surface area contributed by atoms with E-state index in [4.69, 9.17) is 18.9 Å². The highest BCUT2D eigenvalue weighted by Crippen LogP contribution is 2.29. The summed E-state index contributed by atoms with van der Waals surface area (Å²) < 4.78 is 35.3. The van der Waals surface area contributed by atoms with Gasteiger partial charge in [-0.1, -0.05) is 6.07 Å². The van der Waals surface area contributed by atoms with Gasteiger partial charge in [0.25, 0.3) is 5.79 Å². The van der Waals surface area contributed by atoms with Crippen LogP contribution in [0.1, 0.15) is 26.7 Å². The summed E-state index contributed by atoms with van der Waals surface area (Å²) in [5.74, 6) is -3.38. The van der Waals surface area contributed by atoms with E-state index in [9.17, 15) is 14.0 Å². The number of anilines is 1. The predicted molar refractivity (Wildman–Crippen MR) is 88.8 cm³/mol. The molecule has 1 aromatic rings. The highest BCUT2D eigenvalue weighted by atomic mass is 19.1. The van der Waals surface area contributed by atoms with Crippen molar-refractivity contribution in [2.24, 2.45) is 0 Å². The zero-order chi connectivity index (χ0) is 18.7. The zero-order valence-corrected chi connectivity index (χ0v) is 14.5. The Kier molecular flexibility index (Phi) is 5.13. The zero-order valence-electron chi connectivity index (χ0n) is 14.5. The summed E-state index contributed by atoms with van der Waals surface area (Å²) in [4.78, 5) is 23.9. The monoisotopic (exact) mass is 365 g/mol. The second-order valence-corrected chi connectivity index (χ2v) is 6.44. The molecule has 0 amide bonds. The molecule has 0 spiro atoms. The number of nitrogens with one attached hydrogen (secondary N) is 1. The maximum Gasteiger partial charge on any atom is 0.350 e. The summed E-state index contributed by atoms with van der Waals surface area (Å²) >= 11 is 0. The average molecular weight is 365 g/mol. The molecule has 140 valence electrons. The molecule has 1 aromatic carbocycles. The molecule has 2 aliphatic heterocycles. The van der Waals surface area contributed by atoms with Crippen LogP contribution in [0.4, 0.5) is 10.1 Å². The molecule has 2 heterocycles. The maximum absolute atomic E-state index is 14.2. The molecule has 2 saturated heterocycles. The molecule has 1 N–H and O–H groups in total. The van der Waals surface area contributed by atoms with Crippen molar-refractivity contribution < 1.29 is 32.9 Å². The van der Waals surface area contributed by atoms with Crippen LogP contribution in [0.25, 0.3) is 0 Å². The van der Waals surface area contributed by atoms with Crippen molar-refractivity contribution in [1.29, 1.82) is 0 Å². The lowest BCUT2D eigenvalue weighted by Gasteiger charge is -2.29. The SMILES string of the molecule is CC1(C)OC(=O)C(=CNc2c(F)cccc2OCC2CCCO2)C(=O)O1. The van der Waals surface area contributed by atoms with Crippen molar-refractivity contribution in [3.05, 3.63) is 35.8 Å². The number of esters is 2. The van der Waals surface area contributed by atoms with E-state index < -0.39 is 23.5 Å². The van der Waals surface area contributed by atoms with Gasteiger partial charge in [-0.25, -0.2) is 14.0 Å². The first-order chi connectivity index (χ1) is 12.4. The molecule has 0 aromatic heterocycles. The van der Waals surface area contributed by atoms with Gasteiger partial charge in [0, 0.05) is 26.7 Å². The van der Waals surface area contributed by atoms with E-state index in [2.05, 4.69) is 5.32 Å². The number of benzene rings is 1. The Bertz CT molecular complexity index is 717. The fraction of sp³-hybridized carbons (Fsp3) is 0.444. The van der Waals surface area contributed by atoms with Crippen molar-refractivity contribution in [2.45, 2.75) is 38.6 Å². The number of carbonyl (C=O) groups excluding carboxylic acids is 2. The van der Waals surface area contributed by atoms with Gasteiger partial charge in [0.05, 0.1) is 6.10 Å². The molecule has 1 unspecified atom stereocenters. The van der Waals surface area contributed by atoms with E-state index in [1.165, 1.54) is 26.0 Å². The molecule has 7 nitrogen and oxygen atoms in total. The largest absolute Gasteiger partial charge is 0.489 e. The number of para-hydroxylation sites is 1. The molecule has 0 aliphatic carbocycles. The first kappa shape index (κ1) is 18.2. The summed E-state index contributed by atoms with van der Waals surface area (Å²) in [6.07, 6.45) is 2.87. The number of cyclic esters (lactones) is 2. The number of rotatable bonds is 5. The standard InChI is InChI=1S/C18H20FNO6/c1-18(2)25-16(21)12(17(22)26-18)9-20-15-13(19)6-3-7-14(15)24-10-11-5-4-8-23-11/h3,6-7,9,11,20H,4-5,8,10H2,1-2H3. The molecule has 1 atom stereocenters. The molecule has 0 saturated carbocycles. The molecule has 0 radical (unpaired) electrons. The number of hydrogen-bond acceptors (Lipinski definition) is 7. The minimum absolute atomic E-state index is 0.00318. The van der Waals surface area contributed by atoms with Gasteiger partial charge >= 0.3 is 11.9 Å². The predicted octanol–water partition coefficient (Wildman–Crippen LogP) is 2.52. The Morgan fingerprint density at radius 3 is 2.69 bits per heavy atom. The van der Waals surface area contributed by atoms with Crippen LogP contribution < -0.4 is 10.1 Å². The van der Waals surface area contributed by atoms with Crippen molar-refractivity contribution in [3.63, 3.8) is 0 Å². The lowest BCUT2D eigenvalue weighted by molar-refractivity contribution is -0.222. The summed E-state index contributed by atoms with van der Waals surface area (Å²) in [5.41, 5.74) is -0.360. The van der Waals surface area contributed by atoms with Gasteiger partial charge in [0.1, 0.15) is 23.9 Å². The van der Waals surface area contributed by atoms with Crippen LogP contribution in [-0.2, 0) is 23.8 Å². The van der Waals surface area contributed by atoms with E-state index in [-0.39, 0.29) is 29.7 Å². The first-order valence-corrected chi connectivity index (χ1v) is 8.32. The van der Waals surface area contributed by atoms with Gasteiger partial charge in [0.15, 0.2) is 5.57 Å². The van der Waals surface area contributed by atoms with E-state index in [0.717, 1.165) is 19.0 Å². The fourth-order valence-corrected chi connectivity index (χ4v) is 2.65. The van der Waals surface area contributed by atoms with Crippen LogP contribution in [0.15, 0.2) is 30.0 Å². The Balaban J connectivity index is 1.74. The Morgan fingerprint density at radius 1 is 1.31 bits per heavy atom. The highest BCUT2D eigenvalue weighted by Gasteiger charge is 2.39. The van der Waals surface area contributed by atoms with Gasteiger partial charge in [-0.2, -0.15) is 0 Å². The van der Waals surface area contributed by atoms with Crippen molar-refractivity contribution >= 4 is 17.6 Å². The van der Waals surface area contributed by atoms with E-state index in [0.29, 0.717) is 6.61 Å². The second kappa shape index (κ2) is 7.33. The third-order valence-corrected chi connectivity index (χ3v) is 3.90. The Hall–Kier alpha value is -2.61. The molecular formula is C18H20FNO6. The van der Waals surface area contributed by atoms with Crippen LogP contribution in [0.2, 0.25) is 0 Å². The second-order valence-electron chi connectivity index (χ2n) is 6.44. The van der Waals surface area contributed by atoms with Crippen LogP contribution in [0, 0.1) is 5.82 Å². The van der Waals surface area contributed by atoms with E-state index in [1.807, 2.05) is 0 Å². The van der Waals surface area contributed by atoms with Gasteiger partial charge in [-0.05, 0) is 25.0 Å². The van der Waals surface area contributed by atoms with Gasteiger partial charge < -0.3 is 24.3 Å². The summed E-state index contributed by atoms with van der Waals surface area (Å²) in [7, 11) is 0. The lowest BCUT2D eigenvalue weighted by Crippen LogP contribution is -2.42. The summed E-state index contributed by atoms with van der Waals surface area (Å²) in [5, 5.41) is 2.61.